The van der Waals surface area contributed by atoms with Crippen LogP contribution in [0.15, 0.2) is 60.9 Å². The minimum Gasteiger partial charge on any atom is -0.348 e. The zero-order valence-electron chi connectivity index (χ0n) is 14.2. The quantitative estimate of drug-likeness (QED) is 0.513. The molecule has 0 radical (unpaired) electrons. The van der Waals surface area contributed by atoms with Gasteiger partial charge in [-0.15, -0.1) is 0 Å². The molecular weight excluding hydrogens is 479 g/mol. The SMILES string of the molecule is O=C(Cn1cccn1)Nc1cccc(CNC(=O)c2ccc(Cl)cc2I)c1. The van der Waals surface area contributed by atoms with Gasteiger partial charge in [0.15, 0.2) is 0 Å². The number of rotatable bonds is 6. The summed E-state index contributed by atoms with van der Waals surface area (Å²) in [4.78, 5) is 24.4. The van der Waals surface area contributed by atoms with E-state index in [2.05, 4.69) is 38.3 Å². The molecule has 0 aliphatic heterocycles. The fraction of sp³-hybridized carbons (Fsp3) is 0.105. The van der Waals surface area contributed by atoms with Gasteiger partial charge < -0.3 is 10.6 Å². The van der Waals surface area contributed by atoms with E-state index in [0.717, 1.165) is 9.13 Å². The van der Waals surface area contributed by atoms with E-state index < -0.39 is 0 Å². The fourth-order valence-corrected chi connectivity index (χ4v) is 3.57. The normalized spacial score (nSPS) is 10.4. The maximum Gasteiger partial charge on any atom is 0.252 e. The van der Waals surface area contributed by atoms with Crippen molar-refractivity contribution in [2.75, 3.05) is 5.32 Å². The number of halogens is 2. The second kappa shape index (κ2) is 9.01. The van der Waals surface area contributed by atoms with Crippen LogP contribution in [0.2, 0.25) is 5.02 Å². The summed E-state index contributed by atoms with van der Waals surface area (Å²) in [5.74, 6) is -0.347. The molecular formula is C19H16ClIN4O2. The van der Waals surface area contributed by atoms with Gasteiger partial charge in [-0.05, 0) is 64.6 Å². The Bertz CT molecular complexity index is 960. The number of benzene rings is 2. The first-order chi connectivity index (χ1) is 13.0. The van der Waals surface area contributed by atoms with Crippen LogP contribution in [0.1, 0.15) is 15.9 Å². The summed E-state index contributed by atoms with van der Waals surface area (Å²) in [6.45, 7) is 0.489. The van der Waals surface area contributed by atoms with Crippen LogP contribution in [0.5, 0.6) is 0 Å². The lowest BCUT2D eigenvalue weighted by molar-refractivity contribution is -0.116. The predicted molar refractivity (Wildman–Crippen MR) is 113 cm³/mol. The smallest absolute Gasteiger partial charge is 0.252 e. The number of aromatic nitrogens is 2. The third kappa shape index (κ3) is 5.54. The van der Waals surface area contributed by atoms with E-state index in [9.17, 15) is 9.59 Å². The van der Waals surface area contributed by atoms with E-state index in [-0.39, 0.29) is 18.4 Å². The van der Waals surface area contributed by atoms with E-state index in [1.807, 2.05) is 18.2 Å². The predicted octanol–water partition coefficient (Wildman–Crippen LogP) is 3.71. The second-order valence-electron chi connectivity index (χ2n) is 5.76. The molecule has 0 fully saturated rings. The lowest BCUT2D eigenvalue weighted by Gasteiger charge is -2.10. The van der Waals surface area contributed by atoms with Crippen molar-refractivity contribution in [3.8, 4) is 0 Å². The van der Waals surface area contributed by atoms with Crippen molar-refractivity contribution in [3.63, 3.8) is 0 Å². The number of nitrogens with one attached hydrogen (secondary N) is 2. The first kappa shape index (κ1) is 19.4. The van der Waals surface area contributed by atoms with Gasteiger partial charge >= 0.3 is 0 Å². The lowest BCUT2D eigenvalue weighted by atomic mass is 10.1. The van der Waals surface area contributed by atoms with Crippen LogP contribution in [-0.2, 0) is 17.9 Å². The maximum atomic E-state index is 12.4. The van der Waals surface area contributed by atoms with Gasteiger partial charge in [0.2, 0.25) is 5.91 Å². The Morgan fingerprint density at radius 3 is 2.74 bits per heavy atom. The van der Waals surface area contributed by atoms with E-state index >= 15 is 0 Å². The monoisotopic (exact) mass is 494 g/mol. The van der Waals surface area contributed by atoms with Gasteiger partial charge in [-0.1, -0.05) is 23.7 Å². The summed E-state index contributed by atoms with van der Waals surface area (Å²) < 4.78 is 2.34. The highest BCUT2D eigenvalue weighted by atomic mass is 127. The minimum atomic E-state index is -0.177. The van der Waals surface area contributed by atoms with Gasteiger partial charge in [0.25, 0.3) is 5.91 Å². The lowest BCUT2D eigenvalue weighted by Crippen LogP contribution is -2.24. The van der Waals surface area contributed by atoms with Crippen molar-refractivity contribution in [1.29, 1.82) is 0 Å². The van der Waals surface area contributed by atoms with Gasteiger partial charge in [0, 0.05) is 33.2 Å². The molecule has 0 unspecified atom stereocenters. The van der Waals surface area contributed by atoms with Crippen LogP contribution in [0.4, 0.5) is 5.69 Å². The number of amides is 2. The number of hydrogen-bond donors (Lipinski definition) is 2. The Morgan fingerprint density at radius 2 is 2.00 bits per heavy atom. The minimum absolute atomic E-state index is 0.142. The number of anilines is 1. The number of nitrogens with zero attached hydrogens (tertiary/aromatic N) is 2. The third-order valence-corrected chi connectivity index (χ3v) is 4.83. The Morgan fingerprint density at radius 1 is 1.15 bits per heavy atom. The van der Waals surface area contributed by atoms with E-state index in [4.69, 9.17) is 11.6 Å². The molecule has 2 aromatic carbocycles. The highest BCUT2D eigenvalue weighted by molar-refractivity contribution is 14.1. The molecule has 0 saturated heterocycles. The zero-order chi connectivity index (χ0) is 19.2. The van der Waals surface area contributed by atoms with Gasteiger partial charge in [-0.2, -0.15) is 5.10 Å². The molecule has 3 aromatic rings. The maximum absolute atomic E-state index is 12.4. The molecule has 0 spiro atoms. The summed E-state index contributed by atoms with van der Waals surface area (Å²) in [6, 6.07) is 14.2. The van der Waals surface area contributed by atoms with Crippen molar-refractivity contribution in [2.24, 2.45) is 0 Å². The van der Waals surface area contributed by atoms with Crippen molar-refractivity contribution in [1.82, 2.24) is 15.1 Å². The van der Waals surface area contributed by atoms with Crippen LogP contribution < -0.4 is 10.6 Å². The molecule has 1 aromatic heterocycles. The van der Waals surface area contributed by atoms with Crippen LogP contribution >= 0.6 is 34.2 Å². The molecule has 6 nitrogen and oxygen atoms in total. The summed E-state index contributed by atoms with van der Waals surface area (Å²) in [6.07, 6.45) is 3.35. The Hall–Kier alpha value is -2.39. The molecule has 27 heavy (non-hydrogen) atoms. The average Bonchev–Trinajstić information content (AvgIpc) is 3.13. The van der Waals surface area contributed by atoms with Crippen molar-refractivity contribution >= 4 is 51.7 Å². The largest absolute Gasteiger partial charge is 0.348 e. The molecule has 8 heteroatoms. The third-order valence-electron chi connectivity index (χ3n) is 3.70. The van der Waals surface area contributed by atoms with Gasteiger partial charge in [0.05, 0.1) is 5.56 Å². The van der Waals surface area contributed by atoms with E-state index in [1.165, 1.54) is 0 Å². The highest BCUT2D eigenvalue weighted by Crippen LogP contribution is 2.18. The van der Waals surface area contributed by atoms with E-state index in [0.29, 0.717) is 22.8 Å². The Balaban J connectivity index is 1.58. The number of carbonyl (C=O) groups excluding carboxylic acids is 2. The van der Waals surface area contributed by atoms with E-state index in [1.54, 1.807) is 47.4 Å². The number of carbonyl (C=O) groups is 2. The first-order valence-electron chi connectivity index (χ1n) is 8.11. The topological polar surface area (TPSA) is 76.0 Å². The number of hydrogen-bond acceptors (Lipinski definition) is 3. The summed E-state index contributed by atoms with van der Waals surface area (Å²) in [5, 5.41) is 10.3. The molecule has 138 valence electrons. The fourth-order valence-electron chi connectivity index (χ4n) is 2.45. The molecule has 0 saturated carbocycles. The second-order valence-corrected chi connectivity index (χ2v) is 7.36. The van der Waals surface area contributed by atoms with Gasteiger partial charge in [0.1, 0.15) is 6.54 Å². The van der Waals surface area contributed by atoms with Crippen molar-refractivity contribution in [3.05, 3.63) is 80.6 Å². The summed E-state index contributed by atoms with van der Waals surface area (Å²) in [5.41, 5.74) is 2.12. The molecule has 0 aliphatic rings. The molecule has 0 bridgehead atoms. The van der Waals surface area contributed by atoms with Crippen LogP contribution in [-0.4, -0.2) is 21.6 Å². The van der Waals surface area contributed by atoms with Crippen molar-refractivity contribution < 1.29 is 9.59 Å². The summed E-state index contributed by atoms with van der Waals surface area (Å²) >= 11 is 8.00. The van der Waals surface area contributed by atoms with Crippen molar-refractivity contribution in [2.45, 2.75) is 13.1 Å². The Kier molecular flexibility index (Phi) is 6.46. The standard InChI is InChI=1S/C19H16ClIN4O2/c20-14-5-6-16(17(21)10-14)19(27)22-11-13-3-1-4-15(9-13)24-18(26)12-25-8-2-7-23-25/h1-10H,11-12H2,(H,22,27)(H,24,26). The van der Waals surface area contributed by atoms with Crippen LogP contribution in [0.3, 0.4) is 0 Å². The first-order valence-corrected chi connectivity index (χ1v) is 9.56. The molecule has 2 amide bonds. The summed E-state index contributed by atoms with van der Waals surface area (Å²) in [7, 11) is 0. The van der Waals surface area contributed by atoms with Gasteiger partial charge in [-0.3, -0.25) is 14.3 Å². The molecule has 0 atom stereocenters. The molecule has 3 rings (SSSR count). The molecule has 0 aliphatic carbocycles. The Labute approximate surface area is 175 Å². The highest BCUT2D eigenvalue weighted by Gasteiger charge is 2.10. The van der Waals surface area contributed by atoms with Crippen LogP contribution in [0.25, 0.3) is 0 Å². The van der Waals surface area contributed by atoms with Gasteiger partial charge in [-0.25, -0.2) is 0 Å². The zero-order valence-corrected chi connectivity index (χ0v) is 17.1. The average molecular weight is 495 g/mol. The van der Waals surface area contributed by atoms with Crippen LogP contribution in [0, 0.1) is 3.57 Å². The molecule has 2 N–H and O–H groups in total. The molecule has 1 heterocycles.